The number of carbonyl (C=O) groups excluding carboxylic acids is 2. The van der Waals surface area contributed by atoms with E-state index in [-0.39, 0.29) is 24.6 Å². The van der Waals surface area contributed by atoms with Crippen molar-refractivity contribution in [1.29, 1.82) is 0 Å². The molecule has 0 aliphatic heterocycles. The number of ether oxygens (including phenoxy) is 2. The molecule has 0 radical (unpaired) electrons. The number of esters is 2. The van der Waals surface area contributed by atoms with E-state index in [2.05, 4.69) is 0 Å². The molecule has 1 aromatic rings. The van der Waals surface area contributed by atoms with Crippen LogP contribution >= 0.6 is 0 Å². The summed E-state index contributed by atoms with van der Waals surface area (Å²) in [7, 11) is 0. The molecule has 0 aromatic heterocycles. The van der Waals surface area contributed by atoms with Crippen molar-refractivity contribution < 1.29 is 19.1 Å². The van der Waals surface area contributed by atoms with Gasteiger partial charge in [0.25, 0.3) is 0 Å². The van der Waals surface area contributed by atoms with E-state index >= 15 is 0 Å². The Labute approximate surface area is 119 Å². The minimum Gasteiger partial charge on any atom is -0.461 e. The van der Waals surface area contributed by atoms with Crippen LogP contribution in [0.5, 0.6) is 0 Å². The summed E-state index contributed by atoms with van der Waals surface area (Å²) in [5, 5.41) is 0. The molecular formula is C16H20O4. The van der Waals surface area contributed by atoms with Crippen LogP contribution in [0.25, 0.3) is 0 Å². The molecule has 1 rings (SSSR count). The van der Waals surface area contributed by atoms with E-state index in [9.17, 15) is 9.59 Å². The molecule has 0 saturated heterocycles. The predicted molar refractivity (Wildman–Crippen MR) is 76.0 cm³/mol. The van der Waals surface area contributed by atoms with Crippen molar-refractivity contribution in [3.05, 3.63) is 47.5 Å². The zero-order valence-electron chi connectivity index (χ0n) is 12.1. The van der Waals surface area contributed by atoms with E-state index in [0.29, 0.717) is 6.42 Å². The summed E-state index contributed by atoms with van der Waals surface area (Å²) in [6, 6.07) is 9.56. The zero-order valence-corrected chi connectivity index (χ0v) is 12.1. The van der Waals surface area contributed by atoms with Gasteiger partial charge < -0.3 is 9.47 Å². The first-order valence-corrected chi connectivity index (χ1v) is 6.50. The van der Waals surface area contributed by atoms with Gasteiger partial charge in [0.1, 0.15) is 12.7 Å². The van der Waals surface area contributed by atoms with E-state index in [1.807, 2.05) is 43.3 Å². The Hall–Kier alpha value is -2.10. The number of rotatable bonds is 6. The topological polar surface area (TPSA) is 52.6 Å². The molecule has 1 aromatic carbocycles. The fraction of sp³-hybridized carbons (Fsp3) is 0.375. The van der Waals surface area contributed by atoms with Gasteiger partial charge in [-0.25, -0.2) is 0 Å². The second-order valence-corrected chi connectivity index (χ2v) is 4.58. The molecule has 0 amide bonds. The fourth-order valence-corrected chi connectivity index (χ4v) is 1.70. The summed E-state index contributed by atoms with van der Waals surface area (Å²) >= 11 is 0. The van der Waals surface area contributed by atoms with Crippen molar-refractivity contribution in [2.75, 3.05) is 6.61 Å². The largest absolute Gasteiger partial charge is 0.461 e. The zero-order chi connectivity index (χ0) is 15.0. The van der Waals surface area contributed by atoms with Gasteiger partial charge in [-0.05, 0) is 18.1 Å². The SMILES string of the molecule is CC(=O)OC/C(C)=C\CC(OC(C)=O)c1ccccc1. The van der Waals surface area contributed by atoms with Crippen molar-refractivity contribution in [2.45, 2.75) is 33.3 Å². The van der Waals surface area contributed by atoms with Crippen LogP contribution in [-0.2, 0) is 19.1 Å². The molecule has 0 N–H and O–H groups in total. The van der Waals surface area contributed by atoms with Gasteiger partial charge in [-0.3, -0.25) is 9.59 Å². The quantitative estimate of drug-likeness (QED) is 0.591. The highest BCUT2D eigenvalue weighted by molar-refractivity contribution is 5.66. The fourth-order valence-electron chi connectivity index (χ4n) is 1.70. The molecule has 4 heteroatoms. The number of hydrogen-bond donors (Lipinski definition) is 0. The number of hydrogen-bond acceptors (Lipinski definition) is 4. The lowest BCUT2D eigenvalue weighted by molar-refractivity contribution is -0.146. The van der Waals surface area contributed by atoms with Crippen molar-refractivity contribution in [3.8, 4) is 0 Å². The molecule has 0 saturated carbocycles. The highest BCUT2D eigenvalue weighted by atomic mass is 16.5. The molecule has 0 bridgehead atoms. The third-order valence-electron chi connectivity index (χ3n) is 2.66. The van der Waals surface area contributed by atoms with E-state index in [1.54, 1.807) is 0 Å². The van der Waals surface area contributed by atoms with Gasteiger partial charge in [-0.1, -0.05) is 36.4 Å². The van der Waals surface area contributed by atoms with Gasteiger partial charge in [-0.15, -0.1) is 0 Å². The summed E-state index contributed by atoms with van der Waals surface area (Å²) in [5.41, 5.74) is 1.87. The average Bonchev–Trinajstić information content (AvgIpc) is 2.41. The molecule has 0 aliphatic carbocycles. The van der Waals surface area contributed by atoms with Crippen LogP contribution in [0.1, 0.15) is 38.9 Å². The maximum atomic E-state index is 11.2. The van der Waals surface area contributed by atoms with Gasteiger partial charge in [0.2, 0.25) is 0 Å². The summed E-state index contributed by atoms with van der Waals surface area (Å²) in [5.74, 6) is -0.623. The van der Waals surface area contributed by atoms with Crippen molar-refractivity contribution in [3.63, 3.8) is 0 Å². The lowest BCUT2D eigenvalue weighted by atomic mass is 10.1. The third-order valence-corrected chi connectivity index (χ3v) is 2.66. The molecule has 0 spiro atoms. The second kappa shape index (κ2) is 8.15. The normalized spacial score (nSPS) is 12.7. The van der Waals surface area contributed by atoms with E-state index < -0.39 is 0 Å². The van der Waals surface area contributed by atoms with Crippen molar-refractivity contribution >= 4 is 11.9 Å². The molecule has 108 valence electrons. The molecule has 1 atom stereocenters. The predicted octanol–water partition coefficient (Wildman–Crippen LogP) is 3.19. The maximum Gasteiger partial charge on any atom is 0.303 e. The van der Waals surface area contributed by atoms with Crippen LogP contribution in [0.2, 0.25) is 0 Å². The smallest absolute Gasteiger partial charge is 0.303 e. The van der Waals surface area contributed by atoms with Gasteiger partial charge in [0.15, 0.2) is 0 Å². The molecule has 0 fully saturated rings. The summed E-state index contributed by atoms with van der Waals surface area (Å²) in [4.78, 5) is 21.9. The van der Waals surface area contributed by atoms with E-state index in [0.717, 1.165) is 11.1 Å². The first kappa shape index (κ1) is 16.0. The highest BCUT2D eigenvalue weighted by Gasteiger charge is 2.13. The first-order chi connectivity index (χ1) is 9.49. The van der Waals surface area contributed by atoms with Crippen LogP contribution in [0.4, 0.5) is 0 Å². The summed E-state index contributed by atoms with van der Waals surface area (Å²) < 4.78 is 10.2. The number of carbonyl (C=O) groups is 2. The third kappa shape index (κ3) is 6.18. The van der Waals surface area contributed by atoms with E-state index in [4.69, 9.17) is 9.47 Å². The molecular weight excluding hydrogens is 256 g/mol. The first-order valence-electron chi connectivity index (χ1n) is 6.50. The lowest BCUT2D eigenvalue weighted by Crippen LogP contribution is -2.08. The molecule has 0 aliphatic rings. The molecule has 1 unspecified atom stereocenters. The molecule has 4 nitrogen and oxygen atoms in total. The Balaban J connectivity index is 2.68. The minimum atomic E-state index is -0.319. The Kier molecular flexibility index (Phi) is 6.50. The Bertz CT molecular complexity index is 477. The van der Waals surface area contributed by atoms with E-state index in [1.165, 1.54) is 13.8 Å². The highest BCUT2D eigenvalue weighted by Crippen LogP contribution is 2.22. The van der Waals surface area contributed by atoms with Crippen LogP contribution in [-0.4, -0.2) is 18.5 Å². The Morgan fingerprint density at radius 3 is 2.30 bits per heavy atom. The Morgan fingerprint density at radius 1 is 1.10 bits per heavy atom. The van der Waals surface area contributed by atoms with Crippen LogP contribution < -0.4 is 0 Å². The van der Waals surface area contributed by atoms with Crippen LogP contribution in [0.15, 0.2) is 42.0 Å². The van der Waals surface area contributed by atoms with Crippen molar-refractivity contribution in [2.24, 2.45) is 0 Å². The van der Waals surface area contributed by atoms with Gasteiger partial charge in [0.05, 0.1) is 0 Å². The summed E-state index contributed by atoms with van der Waals surface area (Å²) in [6.07, 6.45) is 2.15. The lowest BCUT2D eigenvalue weighted by Gasteiger charge is -2.16. The average molecular weight is 276 g/mol. The molecule has 0 heterocycles. The van der Waals surface area contributed by atoms with Gasteiger partial charge >= 0.3 is 11.9 Å². The maximum absolute atomic E-state index is 11.2. The molecule has 20 heavy (non-hydrogen) atoms. The Morgan fingerprint density at radius 2 is 1.75 bits per heavy atom. The minimum absolute atomic E-state index is 0.261. The van der Waals surface area contributed by atoms with Gasteiger partial charge in [-0.2, -0.15) is 0 Å². The van der Waals surface area contributed by atoms with Gasteiger partial charge in [0, 0.05) is 20.3 Å². The van der Waals surface area contributed by atoms with Crippen LogP contribution in [0.3, 0.4) is 0 Å². The van der Waals surface area contributed by atoms with Crippen LogP contribution in [0, 0.1) is 0 Å². The van der Waals surface area contributed by atoms with Crippen molar-refractivity contribution in [1.82, 2.24) is 0 Å². The monoisotopic (exact) mass is 276 g/mol. The number of benzene rings is 1. The standard InChI is InChI=1S/C16H20O4/c1-12(11-19-13(2)17)9-10-16(20-14(3)18)15-7-5-4-6-8-15/h4-9,16H,10-11H2,1-3H3/b12-9-. The second-order valence-electron chi connectivity index (χ2n) is 4.58. The summed E-state index contributed by atoms with van der Waals surface area (Å²) in [6.45, 7) is 4.90.